The largest absolute Gasteiger partial charge is 0.357 e. The Kier molecular flexibility index (Phi) is 3.65. The predicted molar refractivity (Wildman–Crippen MR) is 101 cm³/mol. The number of halogens is 1. The van der Waals surface area contributed by atoms with E-state index in [0.29, 0.717) is 0 Å². The van der Waals surface area contributed by atoms with Crippen molar-refractivity contribution in [1.29, 1.82) is 0 Å². The van der Waals surface area contributed by atoms with Crippen LogP contribution in [0.4, 0.5) is 4.39 Å². The molecule has 0 bridgehead atoms. The molecule has 0 radical (unpaired) electrons. The smallest absolute Gasteiger partial charge is 0.123 e. The lowest BCUT2D eigenvalue weighted by atomic mass is 9.97. The van der Waals surface area contributed by atoms with Gasteiger partial charge in [-0.15, -0.1) is 0 Å². The first-order valence-corrected chi connectivity index (χ1v) is 9.11. The van der Waals surface area contributed by atoms with Crippen LogP contribution in [0.2, 0.25) is 0 Å². The molecule has 2 N–H and O–H groups in total. The molecular formula is C20H21FN6. The van der Waals surface area contributed by atoms with E-state index < -0.39 is 0 Å². The van der Waals surface area contributed by atoms with Crippen LogP contribution in [-0.2, 0) is 20.0 Å². The van der Waals surface area contributed by atoms with Gasteiger partial charge in [0.1, 0.15) is 5.82 Å². The second-order valence-electron chi connectivity index (χ2n) is 7.26. The number of benzene rings is 1. The average Bonchev–Trinajstić information content (AvgIpc) is 3.36. The van der Waals surface area contributed by atoms with Gasteiger partial charge >= 0.3 is 0 Å². The van der Waals surface area contributed by atoms with Crippen molar-refractivity contribution in [3.05, 3.63) is 70.9 Å². The molecule has 1 atom stereocenters. The Bertz CT molecular complexity index is 1120. The summed E-state index contributed by atoms with van der Waals surface area (Å²) in [7, 11) is 1.93. The molecule has 4 heterocycles. The molecule has 0 aliphatic carbocycles. The number of fused-ring (bicyclic) bond motifs is 2. The van der Waals surface area contributed by atoms with Crippen LogP contribution in [0.5, 0.6) is 0 Å². The van der Waals surface area contributed by atoms with Crippen LogP contribution in [0.15, 0.2) is 36.9 Å². The number of imidazole rings is 1. The van der Waals surface area contributed by atoms with Gasteiger partial charge in [0.15, 0.2) is 0 Å². The highest BCUT2D eigenvalue weighted by atomic mass is 19.1. The van der Waals surface area contributed by atoms with Crippen LogP contribution in [-0.4, -0.2) is 36.2 Å². The SMILES string of the molecule is Cc1c(CN2CCc3[nH]cnc3C2c2cnn(C)c2)[nH]c2ccc(F)cc12. The lowest BCUT2D eigenvalue weighted by Crippen LogP contribution is -2.36. The van der Waals surface area contributed by atoms with Crippen molar-refractivity contribution in [3.63, 3.8) is 0 Å². The van der Waals surface area contributed by atoms with Gasteiger partial charge in [-0.05, 0) is 30.7 Å². The van der Waals surface area contributed by atoms with Crippen LogP contribution in [0, 0.1) is 12.7 Å². The third-order valence-electron chi connectivity index (χ3n) is 5.55. The molecular weight excluding hydrogens is 343 g/mol. The summed E-state index contributed by atoms with van der Waals surface area (Å²) in [6.07, 6.45) is 6.66. The molecule has 5 rings (SSSR count). The molecule has 1 aliphatic heterocycles. The summed E-state index contributed by atoms with van der Waals surface area (Å²) in [5.74, 6) is -0.205. The normalized spacial score (nSPS) is 17.5. The third kappa shape index (κ3) is 2.66. The Morgan fingerprint density at radius 2 is 2.22 bits per heavy atom. The van der Waals surface area contributed by atoms with Crippen LogP contribution < -0.4 is 0 Å². The highest BCUT2D eigenvalue weighted by Crippen LogP contribution is 2.35. The maximum atomic E-state index is 13.7. The molecule has 6 nitrogen and oxygen atoms in total. The van der Waals surface area contributed by atoms with E-state index in [1.807, 2.05) is 24.0 Å². The molecule has 0 fully saturated rings. The van der Waals surface area contributed by atoms with E-state index in [1.54, 1.807) is 12.4 Å². The molecule has 4 aromatic rings. The number of hydrogen-bond acceptors (Lipinski definition) is 3. The maximum absolute atomic E-state index is 13.7. The minimum Gasteiger partial charge on any atom is -0.357 e. The van der Waals surface area contributed by atoms with E-state index in [9.17, 15) is 4.39 Å². The fraction of sp³-hybridized carbons (Fsp3) is 0.300. The van der Waals surface area contributed by atoms with Crippen molar-refractivity contribution in [2.45, 2.75) is 25.9 Å². The van der Waals surface area contributed by atoms with E-state index >= 15 is 0 Å². The van der Waals surface area contributed by atoms with Gasteiger partial charge in [0.05, 0.1) is 24.3 Å². The Hall–Kier alpha value is -2.93. The highest BCUT2D eigenvalue weighted by Gasteiger charge is 2.32. The van der Waals surface area contributed by atoms with E-state index in [-0.39, 0.29) is 11.9 Å². The first-order valence-electron chi connectivity index (χ1n) is 9.11. The fourth-order valence-electron chi connectivity index (χ4n) is 4.16. The Balaban J connectivity index is 1.55. The summed E-state index contributed by atoms with van der Waals surface area (Å²) in [6, 6.07) is 4.96. The van der Waals surface area contributed by atoms with Crippen LogP contribution >= 0.6 is 0 Å². The first-order chi connectivity index (χ1) is 13.1. The molecule has 1 aromatic carbocycles. The maximum Gasteiger partial charge on any atom is 0.123 e. The number of aromatic amines is 2. The third-order valence-corrected chi connectivity index (χ3v) is 5.55. The number of aromatic nitrogens is 5. The molecule has 138 valence electrons. The lowest BCUT2D eigenvalue weighted by molar-refractivity contribution is 0.198. The highest BCUT2D eigenvalue weighted by molar-refractivity contribution is 5.84. The lowest BCUT2D eigenvalue weighted by Gasteiger charge is -2.34. The van der Waals surface area contributed by atoms with E-state index in [0.717, 1.165) is 52.9 Å². The predicted octanol–water partition coefficient (Wildman–Crippen LogP) is 3.22. The zero-order valence-electron chi connectivity index (χ0n) is 15.3. The average molecular weight is 364 g/mol. The number of nitrogens with one attached hydrogen (secondary N) is 2. The minimum atomic E-state index is -0.205. The van der Waals surface area contributed by atoms with Crippen molar-refractivity contribution < 1.29 is 4.39 Å². The second kappa shape index (κ2) is 6.06. The summed E-state index contributed by atoms with van der Waals surface area (Å²) in [5.41, 5.74) is 6.57. The number of nitrogens with zero attached hydrogens (tertiary/aromatic N) is 4. The van der Waals surface area contributed by atoms with Crippen molar-refractivity contribution in [1.82, 2.24) is 29.6 Å². The quantitative estimate of drug-likeness (QED) is 0.587. The van der Waals surface area contributed by atoms with Crippen LogP contribution in [0.3, 0.4) is 0 Å². The standard InChI is InChI=1S/C20H21FN6/c1-12-15-7-14(21)3-4-16(15)25-18(12)10-27-6-5-17-19(23-11-22-17)20(27)13-8-24-26(2)9-13/h3-4,7-9,11,20,25H,5-6,10H2,1-2H3,(H,22,23). The van der Waals surface area contributed by atoms with Gasteiger partial charge in [0, 0.05) is 60.6 Å². The summed E-state index contributed by atoms with van der Waals surface area (Å²) < 4.78 is 15.5. The monoisotopic (exact) mass is 364 g/mol. The van der Waals surface area contributed by atoms with Crippen LogP contribution in [0.1, 0.15) is 34.3 Å². The van der Waals surface area contributed by atoms with E-state index in [4.69, 9.17) is 0 Å². The van der Waals surface area contributed by atoms with E-state index in [1.165, 1.54) is 11.8 Å². The summed E-state index contributed by atoms with van der Waals surface area (Å²) >= 11 is 0. The summed E-state index contributed by atoms with van der Waals surface area (Å²) in [6.45, 7) is 3.71. The summed E-state index contributed by atoms with van der Waals surface area (Å²) in [4.78, 5) is 13.8. The number of H-pyrrole nitrogens is 2. The number of rotatable bonds is 3. The van der Waals surface area contributed by atoms with Gasteiger partial charge < -0.3 is 9.97 Å². The molecule has 0 saturated heterocycles. The molecule has 0 amide bonds. The second-order valence-corrected chi connectivity index (χ2v) is 7.26. The molecule has 1 aliphatic rings. The number of hydrogen-bond donors (Lipinski definition) is 2. The van der Waals surface area contributed by atoms with Crippen molar-refractivity contribution in [2.24, 2.45) is 7.05 Å². The summed E-state index contributed by atoms with van der Waals surface area (Å²) in [5, 5.41) is 5.30. The molecule has 0 spiro atoms. The molecule has 27 heavy (non-hydrogen) atoms. The van der Waals surface area contributed by atoms with Gasteiger partial charge in [-0.1, -0.05) is 0 Å². The zero-order chi connectivity index (χ0) is 18.5. The van der Waals surface area contributed by atoms with Gasteiger partial charge in [0.2, 0.25) is 0 Å². The van der Waals surface area contributed by atoms with Crippen molar-refractivity contribution in [3.8, 4) is 0 Å². The topological polar surface area (TPSA) is 65.5 Å². The Labute approximate surface area is 156 Å². The zero-order valence-corrected chi connectivity index (χ0v) is 15.3. The fourth-order valence-corrected chi connectivity index (χ4v) is 4.16. The van der Waals surface area contributed by atoms with Crippen molar-refractivity contribution in [2.75, 3.05) is 6.54 Å². The van der Waals surface area contributed by atoms with E-state index in [2.05, 4.69) is 38.1 Å². The molecule has 7 heteroatoms. The van der Waals surface area contributed by atoms with Gasteiger partial charge in [-0.2, -0.15) is 5.10 Å². The minimum absolute atomic E-state index is 0.0521. The molecule has 1 unspecified atom stereocenters. The molecule has 0 saturated carbocycles. The first kappa shape index (κ1) is 16.3. The molecule has 3 aromatic heterocycles. The van der Waals surface area contributed by atoms with Crippen LogP contribution in [0.25, 0.3) is 10.9 Å². The van der Waals surface area contributed by atoms with Crippen molar-refractivity contribution >= 4 is 10.9 Å². The van der Waals surface area contributed by atoms with Gasteiger partial charge in [-0.25, -0.2) is 9.37 Å². The van der Waals surface area contributed by atoms with Gasteiger partial charge in [-0.3, -0.25) is 9.58 Å². The number of aryl methyl sites for hydroxylation is 2. The Morgan fingerprint density at radius 3 is 3.04 bits per heavy atom. The van der Waals surface area contributed by atoms with Gasteiger partial charge in [0.25, 0.3) is 0 Å². The Morgan fingerprint density at radius 1 is 1.33 bits per heavy atom.